The van der Waals surface area contributed by atoms with Gasteiger partial charge in [-0.15, -0.1) is 0 Å². The second kappa shape index (κ2) is 10.4. The van der Waals surface area contributed by atoms with E-state index in [4.69, 9.17) is 0 Å². The van der Waals surface area contributed by atoms with Crippen LogP contribution in [0.2, 0.25) is 0 Å². The first kappa shape index (κ1) is 25.5. The van der Waals surface area contributed by atoms with Gasteiger partial charge < -0.3 is 14.9 Å². The third-order valence-corrected chi connectivity index (χ3v) is 7.73. The number of carbonyl (C=O) groups excluding carboxylic acids is 1. The summed E-state index contributed by atoms with van der Waals surface area (Å²) in [6, 6.07) is 20.9. The molecule has 0 radical (unpaired) electrons. The van der Waals surface area contributed by atoms with E-state index in [1.165, 1.54) is 18.3 Å². The van der Waals surface area contributed by atoms with Crippen molar-refractivity contribution in [3.8, 4) is 5.69 Å². The Labute approximate surface area is 230 Å². The molecule has 4 atom stereocenters. The molecule has 1 saturated heterocycles. The van der Waals surface area contributed by atoms with Crippen LogP contribution in [0.5, 0.6) is 0 Å². The number of nitrogens with zero attached hydrogens (tertiary/aromatic N) is 5. The van der Waals surface area contributed by atoms with E-state index in [0.717, 1.165) is 27.8 Å². The van der Waals surface area contributed by atoms with Crippen molar-refractivity contribution < 1.29 is 19.1 Å². The van der Waals surface area contributed by atoms with Crippen LogP contribution < -0.4 is 4.90 Å². The molecule has 4 unspecified atom stereocenters. The number of carboxylic acids is 1. The Bertz CT molecular complexity index is 1620. The van der Waals surface area contributed by atoms with Gasteiger partial charge in [-0.3, -0.25) is 9.79 Å². The second-order valence-electron chi connectivity index (χ2n) is 10.0. The summed E-state index contributed by atoms with van der Waals surface area (Å²) in [5.74, 6) is -1.92. The minimum absolute atomic E-state index is 0.0573. The fraction of sp³-hybridized carbons (Fsp3) is 0.226. The monoisotopic (exact) mass is 537 g/mol. The first-order valence-corrected chi connectivity index (χ1v) is 13.3. The molecule has 1 aromatic heterocycles. The van der Waals surface area contributed by atoms with Crippen molar-refractivity contribution in [1.82, 2.24) is 14.7 Å². The Morgan fingerprint density at radius 2 is 1.77 bits per heavy atom. The Hall–Kier alpha value is -4.79. The van der Waals surface area contributed by atoms with Crippen LogP contribution in [-0.2, 0) is 16.0 Å². The van der Waals surface area contributed by atoms with Gasteiger partial charge in [0.2, 0.25) is 12.1 Å². The SMILES string of the molecule is CCC1C(N2C=CC=NC2C(=O)O)C(Cc2ccccc2)C(=O)N1c1ccc2c(cnn2-c2ccc(F)cc2)c1. The molecular formula is C31H28FN5O3. The van der Waals surface area contributed by atoms with Crippen LogP contribution in [0.25, 0.3) is 16.6 Å². The molecule has 2 aliphatic rings. The van der Waals surface area contributed by atoms with Gasteiger partial charge in [0.25, 0.3) is 0 Å². The number of aliphatic imine (C=N–C) groups is 1. The molecule has 0 aliphatic carbocycles. The van der Waals surface area contributed by atoms with E-state index in [9.17, 15) is 19.1 Å². The number of benzene rings is 3. The molecule has 6 rings (SSSR count). The highest BCUT2D eigenvalue weighted by Crippen LogP contribution is 2.39. The molecule has 0 spiro atoms. The summed E-state index contributed by atoms with van der Waals surface area (Å²) >= 11 is 0. The lowest BCUT2D eigenvalue weighted by Gasteiger charge is -2.38. The van der Waals surface area contributed by atoms with Crippen molar-refractivity contribution in [2.45, 2.75) is 38.0 Å². The van der Waals surface area contributed by atoms with E-state index >= 15 is 0 Å². The number of aromatic nitrogens is 2. The Balaban J connectivity index is 1.41. The van der Waals surface area contributed by atoms with Crippen LogP contribution in [0.4, 0.5) is 10.1 Å². The van der Waals surface area contributed by atoms with E-state index in [1.54, 1.807) is 40.2 Å². The van der Waals surface area contributed by atoms with Crippen LogP contribution in [0, 0.1) is 11.7 Å². The van der Waals surface area contributed by atoms with Gasteiger partial charge in [-0.2, -0.15) is 5.10 Å². The van der Waals surface area contributed by atoms with E-state index in [2.05, 4.69) is 10.1 Å². The third-order valence-electron chi connectivity index (χ3n) is 7.73. The van der Waals surface area contributed by atoms with Gasteiger partial charge in [0.1, 0.15) is 5.82 Å². The molecule has 1 N–H and O–H groups in total. The number of fused-ring (bicyclic) bond motifs is 1. The summed E-state index contributed by atoms with van der Waals surface area (Å²) in [5, 5.41) is 15.3. The fourth-order valence-electron chi connectivity index (χ4n) is 5.97. The van der Waals surface area contributed by atoms with Gasteiger partial charge in [0, 0.05) is 23.5 Å². The van der Waals surface area contributed by atoms with Crippen molar-refractivity contribution in [1.29, 1.82) is 0 Å². The van der Waals surface area contributed by atoms with E-state index in [0.29, 0.717) is 12.8 Å². The molecule has 0 bridgehead atoms. The van der Waals surface area contributed by atoms with Gasteiger partial charge in [0.15, 0.2) is 0 Å². The lowest BCUT2D eigenvalue weighted by molar-refractivity contribution is -0.143. The zero-order valence-corrected chi connectivity index (χ0v) is 21.8. The maximum absolute atomic E-state index is 14.2. The zero-order chi connectivity index (χ0) is 27.8. The number of carbonyl (C=O) groups is 2. The van der Waals surface area contributed by atoms with Crippen molar-refractivity contribution in [3.05, 3.63) is 103 Å². The highest BCUT2D eigenvalue weighted by Gasteiger charge is 2.52. The Morgan fingerprint density at radius 1 is 1.02 bits per heavy atom. The predicted molar refractivity (Wildman–Crippen MR) is 151 cm³/mol. The molecule has 1 fully saturated rings. The number of carboxylic acid groups (broad SMARTS) is 1. The predicted octanol–water partition coefficient (Wildman–Crippen LogP) is 4.83. The van der Waals surface area contributed by atoms with Gasteiger partial charge in [0.05, 0.1) is 35.4 Å². The van der Waals surface area contributed by atoms with Gasteiger partial charge in [-0.1, -0.05) is 37.3 Å². The summed E-state index contributed by atoms with van der Waals surface area (Å²) in [6.45, 7) is 2.01. The number of hydrogen-bond acceptors (Lipinski definition) is 5. The zero-order valence-electron chi connectivity index (χ0n) is 21.8. The standard InChI is InChI=1S/C31H28FN5O3/c1-2-26-28(35-16-6-15-33-29(35)31(39)40)25(17-20-7-4-3-5-8-20)30(38)36(26)24-13-14-27-21(18-24)19-34-37(27)23-11-9-22(32)10-12-23/h3-16,18-19,25-26,28-29H,2,17H2,1H3,(H,39,40). The maximum Gasteiger partial charge on any atom is 0.349 e. The van der Waals surface area contributed by atoms with Crippen LogP contribution in [-0.4, -0.2) is 56.1 Å². The highest BCUT2D eigenvalue weighted by atomic mass is 19.1. The highest BCUT2D eigenvalue weighted by molar-refractivity contribution is 6.01. The largest absolute Gasteiger partial charge is 0.478 e. The molecule has 40 heavy (non-hydrogen) atoms. The lowest BCUT2D eigenvalue weighted by Crippen LogP contribution is -2.52. The third kappa shape index (κ3) is 4.43. The molecule has 3 heterocycles. The molecular weight excluding hydrogens is 509 g/mol. The maximum atomic E-state index is 14.2. The summed E-state index contributed by atoms with van der Waals surface area (Å²) in [4.78, 5) is 34.2. The van der Waals surface area contributed by atoms with Crippen molar-refractivity contribution in [2.75, 3.05) is 4.90 Å². The lowest BCUT2D eigenvalue weighted by atomic mass is 9.89. The van der Waals surface area contributed by atoms with E-state index in [1.807, 2.05) is 60.4 Å². The quantitative estimate of drug-likeness (QED) is 0.365. The number of aliphatic carboxylic acids is 1. The van der Waals surface area contributed by atoms with Crippen LogP contribution in [0.3, 0.4) is 0 Å². The molecule has 1 amide bonds. The average Bonchev–Trinajstić information content (AvgIpc) is 3.52. The summed E-state index contributed by atoms with van der Waals surface area (Å²) < 4.78 is 15.2. The van der Waals surface area contributed by atoms with Crippen LogP contribution in [0.1, 0.15) is 18.9 Å². The summed E-state index contributed by atoms with van der Waals surface area (Å²) in [7, 11) is 0. The minimum Gasteiger partial charge on any atom is -0.478 e. The topological polar surface area (TPSA) is 91.0 Å². The van der Waals surface area contributed by atoms with Crippen molar-refractivity contribution in [2.24, 2.45) is 10.9 Å². The first-order valence-electron chi connectivity index (χ1n) is 13.3. The molecule has 4 aromatic rings. The smallest absolute Gasteiger partial charge is 0.349 e. The summed E-state index contributed by atoms with van der Waals surface area (Å²) in [5.41, 5.74) is 3.29. The molecule has 3 aromatic carbocycles. The van der Waals surface area contributed by atoms with Crippen molar-refractivity contribution in [3.63, 3.8) is 0 Å². The number of halogens is 1. The minimum atomic E-state index is -1.11. The summed E-state index contributed by atoms with van der Waals surface area (Å²) in [6.07, 6.45) is 6.66. The van der Waals surface area contributed by atoms with Crippen molar-refractivity contribution >= 4 is 34.7 Å². The van der Waals surface area contributed by atoms with Crippen LogP contribution >= 0.6 is 0 Å². The number of amides is 1. The molecule has 2 aliphatic heterocycles. The number of anilines is 1. The van der Waals surface area contributed by atoms with Gasteiger partial charge in [-0.05, 0) is 66.9 Å². The molecule has 202 valence electrons. The molecule has 8 nitrogen and oxygen atoms in total. The van der Waals surface area contributed by atoms with E-state index in [-0.39, 0.29) is 17.8 Å². The first-order chi connectivity index (χ1) is 19.5. The van der Waals surface area contributed by atoms with Gasteiger partial charge >= 0.3 is 5.97 Å². The number of hydrogen-bond donors (Lipinski definition) is 1. The fourth-order valence-corrected chi connectivity index (χ4v) is 5.97. The van der Waals surface area contributed by atoms with Crippen LogP contribution in [0.15, 0.2) is 96.3 Å². The molecule has 0 saturated carbocycles. The Kier molecular flexibility index (Phi) is 6.63. The second-order valence-corrected chi connectivity index (χ2v) is 10.0. The number of allylic oxidation sites excluding steroid dienone is 1. The van der Waals surface area contributed by atoms with Gasteiger partial charge in [-0.25, -0.2) is 13.9 Å². The Morgan fingerprint density at radius 3 is 2.50 bits per heavy atom. The molecule has 9 heteroatoms. The average molecular weight is 538 g/mol. The normalized spacial score (nSPS) is 22.4. The number of rotatable bonds is 7. The van der Waals surface area contributed by atoms with E-state index < -0.39 is 24.1 Å².